The molecule has 0 unspecified atom stereocenters. The first-order valence-electron chi connectivity index (χ1n) is 7.87. The lowest BCUT2D eigenvalue weighted by Gasteiger charge is -2.12. The number of ether oxygens (including phenoxy) is 1. The van der Waals surface area contributed by atoms with Crippen molar-refractivity contribution in [3.05, 3.63) is 74.9 Å². The minimum atomic E-state index is -4.99. The summed E-state index contributed by atoms with van der Waals surface area (Å²) < 4.78 is 96.1. The smallest absolute Gasteiger partial charge is 0.419 e. The Kier molecular flexibility index (Phi) is 5.50. The van der Waals surface area contributed by atoms with Gasteiger partial charge in [-0.3, -0.25) is 4.98 Å². The molecule has 0 fully saturated rings. The van der Waals surface area contributed by atoms with Crippen LogP contribution in [0.1, 0.15) is 11.1 Å². The van der Waals surface area contributed by atoms with E-state index in [1.165, 1.54) is 6.07 Å². The second-order valence-electron chi connectivity index (χ2n) is 5.87. The van der Waals surface area contributed by atoms with Crippen LogP contribution in [0.15, 0.2) is 47.3 Å². The predicted octanol–water partition coefficient (Wildman–Crippen LogP) is 6.06. The van der Waals surface area contributed by atoms with E-state index in [0.717, 1.165) is 18.2 Å². The molecule has 3 aromatic rings. The van der Waals surface area contributed by atoms with Crippen LogP contribution in [0.5, 0.6) is 11.6 Å². The maximum atomic E-state index is 13.4. The summed E-state index contributed by atoms with van der Waals surface area (Å²) in [5.74, 6) is -2.42. The Balaban J connectivity index is 2.01. The van der Waals surface area contributed by atoms with Crippen molar-refractivity contribution < 1.29 is 35.5 Å². The van der Waals surface area contributed by atoms with Crippen molar-refractivity contribution in [2.45, 2.75) is 12.4 Å². The van der Waals surface area contributed by atoms with E-state index in [1.54, 1.807) is 0 Å². The number of benzene rings is 2. The van der Waals surface area contributed by atoms with Crippen LogP contribution in [0.25, 0.3) is 11.3 Å². The largest absolute Gasteiger partial charge is 0.441 e. The highest BCUT2D eigenvalue weighted by Gasteiger charge is 2.35. The van der Waals surface area contributed by atoms with Crippen LogP contribution in [0.2, 0.25) is 5.02 Å². The minimum absolute atomic E-state index is 0.141. The molecule has 0 bridgehead atoms. The van der Waals surface area contributed by atoms with E-state index in [9.17, 15) is 35.5 Å². The van der Waals surface area contributed by atoms with Crippen molar-refractivity contribution in [2.24, 2.45) is 0 Å². The number of alkyl halides is 6. The Hall–Kier alpha value is -3.08. The van der Waals surface area contributed by atoms with E-state index >= 15 is 0 Å². The van der Waals surface area contributed by atoms with Crippen LogP contribution in [0, 0.1) is 5.82 Å². The summed E-state index contributed by atoms with van der Waals surface area (Å²) in [7, 11) is 0. The van der Waals surface area contributed by atoms with Gasteiger partial charge in [-0.25, -0.2) is 9.18 Å². The zero-order valence-electron chi connectivity index (χ0n) is 14.3. The average Bonchev–Trinajstić information content (AvgIpc) is 2.61. The Bertz CT molecular complexity index is 1160. The number of rotatable bonds is 3. The molecule has 0 saturated carbocycles. The Labute approximate surface area is 167 Å². The van der Waals surface area contributed by atoms with E-state index in [2.05, 4.69) is 9.97 Å². The van der Waals surface area contributed by atoms with Crippen LogP contribution < -0.4 is 10.4 Å². The lowest BCUT2D eigenvalue weighted by Crippen LogP contribution is -2.13. The first-order chi connectivity index (χ1) is 13.8. The molecule has 1 N–H and O–H groups in total. The first-order valence-corrected chi connectivity index (χ1v) is 8.25. The topological polar surface area (TPSA) is 55.0 Å². The molecule has 0 radical (unpaired) electrons. The molecule has 1 aromatic heterocycles. The van der Waals surface area contributed by atoms with E-state index in [0.29, 0.717) is 18.2 Å². The van der Waals surface area contributed by atoms with Crippen LogP contribution in [-0.2, 0) is 12.4 Å². The lowest BCUT2D eigenvalue weighted by atomic mass is 10.1. The van der Waals surface area contributed by atoms with E-state index < -0.39 is 51.6 Å². The highest BCUT2D eigenvalue weighted by molar-refractivity contribution is 6.31. The fourth-order valence-corrected chi connectivity index (χ4v) is 2.68. The summed E-state index contributed by atoms with van der Waals surface area (Å²) >= 11 is 5.55. The van der Waals surface area contributed by atoms with Crippen molar-refractivity contribution in [1.82, 2.24) is 9.97 Å². The molecule has 3 rings (SSSR count). The van der Waals surface area contributed by atoms with Gasteiger partial charge in [0.2, 0.25) is 5.88 Å². The van der Waals surface area contributed by atoms with Crippen molar-refractivity contribution in [3.63, 3.8) is 0 Å². The van der Waals surface area contributed by atoms with Gasteiger partial charge in [0.25, 0.3) is 0 Å². The van der Waals surface area contributed by atoms with Gasteiger partial charge in [0, 0.05) is 11.6 Å². The summed E-state index contributed by atoms with van der Waals surface area (Å²) in [6.45, 7) is 0. The zero-order chi connectivity index (χ0) is 22.3. The van der Waals surface area contributed by atoms with Crippen LogP contribution in [0.3, 0.4) is 0 Å². The molecule has 30 heavy (non-hydrogen) atoms. The third kappa shape index (κ3) is 4.73. The van der Waals surface area contributed by atoms with E-state index in [4.69, 9.17) is 16.3 Å². The number of H-pyrrole nitrogens is 1. The molecule has 0 spiro atoms. The molecular weight excluding hydrogens is 445 g/mol. The Morgan fingerprint density at radius 1 is 0.900 bits per heavy atom. The summed E-state index contributed by atoms with van der Waals surface area (Å²) in [6, 6.07) is 5.56. The molecule has 0 atom stereocenters. The van der Waals surface area contributed by atoms with Gasteiger partial charge in [-0.1, -0.05) is 17.7 Å². The second-order valence-corrected chi connectivity index (χ2v) is 6.28. The summed E-state index contributed by atoms with van der Waals surface area (Å²) in [4.78, 5) is 17.4. The Morgan fingerprint density at radius 2 is 1.57 bits per heavy atom. The molecule has 0 aliphatic rings. The maximum Gasteiger partial charge on any atom is 0.419 e. The van der Waals surface area contributed by atoms with Gasteiger partial charge in [0.05, 0.1) is 21.8 Å². The van der Waals surface area contributed by atoms with Crippen LogP contribution >= 0.6 is 11.6 Å². The monoisotopic (exact) mass is 452 g/mol. The molecule has 0 aliphatic heterocycles. The summed E-state index contributed by atoms with van der Waals surface area (Å²) in [6.07, 6.45) is -9.76. The highest BCUT2D eigenvalue weighted by atomic mass is 35.5. The van der Waals surface area contributed by atoms with Crippen LogP contribution in [-0.4, -0.2) is 9.97 Å². The number of hydrogen-bond donors (Lipinski definition) is 1. The SMILES string of the molecule is O=c1nc(-c2ccc(Cl)c(C(F)(F)F)c2)cc(Oc2ccc(F)c(C(F)(F)F)c2)[nH]1. The van der Waals surface area contributed by atoms with E-state index in [-0.39, 0.29) is 11.3 Å². The van der Waals surface area contributed by atoms with Gasteiger partial charge >= 0.3 is 18.0 Å². The van der Waals surface area contributed by atoms with Crippen molar-refractivity contribution in [3.8, 4) is 22.9 Å². The molecule has 0 saturated heterocycles. The van der Waals surface area contributed by atoms with Gasteiger partial charge in [0.15, 0.2) is 0 Å². The van der Waals surface area contributed by atoms with Crippen molar-refractivity contribution in [2.75, 3.05) is 0 Å². The molecular formula is C18H8ClF7N2O2. The third-order valence-electron chi connectivity index (χ3n) is 3.76. The Morgan fingerprint density at radius 3 is 2.20 bits per heavy atom. The normalized spacial score (nSPS) is 12.1. The summed E-state index contributed by atoms with van der Waals surface area (Å²) in [5, 5.41) is -0.571. The van der Waals surface area contributed by atoms with E-state index in [1.807, 2.05) is 0 Å². The summed E-state index contributed by atoms with van der Waals surface area (Å²) in [5.41, 5.74) is -4.19. The molecule has 1 heterocycles. The van der Waals surface area contributed by atoms with Gasteiger partial charge < -0.3 is 4.74 Å². The molecule has 158 valence electrons. The van der Waals surface area contributed by atoms with Gasteiger partial charge in [-0.05, 0) is 30.3 Å². The number of nitrogens with one attached hydrogen (secondary N) is 1. The number of aromatic amines is 1. The van der Waals surface area contributed by atoms with Gasteiger partial charge in [0.1, 0.15) is 11.6 Å². The average molecular weight is 453 g/mol. The number of halogens is 8. The second kappa shape index (κ2) is 7.63. The number of aromatic nitrogens is 2. The molecule has 0 amide bonds. The van der Waals surface area contributed by atoms with Crippen molar-refractivity contribution in [1.29, 1.82) is 0 Å². The molecule has 4 nitrogen and oxygen atoms in total. The lowest BCUT2D eigenvalue weighted by molar-refractivity contribution is -0.140. The van der Waals surface area contributed by atoms with Gasteiger partial charge in [-0.15, -0.1) is 0 Å². The molecule has 12 heteroatoms. The predicted molar refractivity (Wildman–Crippen MR) is 91.8 cm³/mol. The first kappa shape index (κ1) is 21.6. The molecule has 2 aromatic carbocycles. The fraction of sp³-hybridized carbons (Fsp3) is 0.111. The maximum absolute atomic E-state index is 13.4. The fourth-order valence-electron chi connectivity index (χ4n) is 2.45. The third-order valence-corrected chi connectivity index (χ3v) is 4.09. The van der Waals surface area contributed by atoms with Crippen molar-refractivity contribution >= 4 is 11.6 Å². The van der Waals surface area contributed by atoms with Crippen LogP contribution in [0.4, 0.5) is 30.7 Å². The zero-order valence-corrected chi connectivity index (χ0v) is 15.1. The molecule has 0 aliphatic carbocycles. The van der Waals surface area contributed by atoms with Gasteiger partial charge in [-0.2, -0.15) is 31.3 Å². The number of hydrogen-bond acceptors (Lipinski definition) is 3. The standard InChI is InChI=1S/C18H8ClF7N2O2/c19-12-3-1-8(5-10(12)17(21,22)23)14-7-15(28-16(29)27-14)30-9-2-4-13(20)11(6-9)18(24,25)26/h1-7H,(H,27,28,29). The minimum Gasteiger partial charge on any atom is -0.441 e. The number of nitrogens with zero attached hydrogens (tertiary/aromatic N) is 1. The highest BCUT2D eigenvalue weighted by Crippen LogP contribution is 2.38. The quantitative estimate of drug-likeness (QED) is 0.492.